The van der Waals surface area contributed by atoms with Crippen molar-refractivity contribution in [2.75, 3.05) is 12.4 Å². The number of rotatable bonds is 3. The molecule has 0 aliphatic heterocycles. The third kappa shape index (κ3) is 3.41. The molecule has 6 heteroatoms. The van der Waals surface area contributed by atoms with Crippen LogP contribution in [0.5, 0.6) is 5.75 Å². The Morgan fingerprint density at radius 1 is 1.14 bits per heavy atom. The van der Waals surface area contributed by atoms with Crippen LogP contribution in [0.15, 0.2) is 46.9 Å². The topological polar surface area (TPSA) is 75.6 Å². The third-order valence-corrected chi connectivity index (χ3v) is 3.39. The molecule has 2 aromatic carbocycles. The number of carbonyl (C=O) groups excluding carboxylic acids is 2. The number of methoxy groups -OCH3 is 1. The first-order valence-electron chi connectivity index (χ1n) is 6.00. The van der Waals surface area contributed by atoms with Crippen LogP contribution in [-0.4, -0.2) is 24.1 Å². The highest BCUT2D eigenvalue weighted by Crippen LogP contribution is 2.34. The summed E-state index contributed by atoms with van der Waals surface area (Å²) in [6, 6.07) is 11.3. The Bertz CT molecular complexity index is 662. The van der Waals surface area contributed by atoms with Crippen molar-refractivity contribution < 1.29 is 19.4 Å². The summed E-state index contributed by atoms with van der Waals surface area (Å²) in [5.41, 5.74) is 0.830. The Morgan fingerprint density at radius 2 is 1.81 bits per heavy atom. The monoisotopic (exact) mass is 349 g/mol. The Kier molecular flexibility index (Phi) is 4.59. The first-order valence-corrected chi connectivity index (χ1v) is 6.79. The first kappa shape index (κ1) is 15.1. The van der Waals surface area contributed by atoms with Gasteiger partial charge in [0.1, 0.15) is 5.75 Å². The molecule has 5 nitrogen and oxygen atoms in total. The van der Waals surface area contributed by atoms with Crippen molar-refractivity contribution in [2.24, 2.45) is 0 Å². The lowest BCUT2D eigenvalue weighted by atomic mass is 10.1. The number of hydrogen-bond acceptors (Lipinski definition) is 4. The van der Waals surface area contributed by atoms with E-state index in [0.717, 1.165) is 0 Å². The van der Waals surface area contributed by atoms with Crippen LogP contribution in [0.2, 0.25) is 0 Å². The van der Waals surface area contributed by atoms with E-state index in [1.165, 1.54) is 19.2 Å². The summed E-state index contributed by atoms with van der Waals surface area (Å²) < 4.78 is 4.96. The molecule has 0 aliphatic carbocycles. The zero-order chi connectivity index (χ0) is 15.4. The highest BCUT2D eigenvalue weighted by molar-refractivity contribution is 9.10. The number of halogens is 1. The summed E-state index contributed by atoms with van der Waals surface area (Å²) in [4.78, 5) is 23.5. The molecule has 0 atom stereocenters. The van der Waals surface area contributed by atoms with Crippen LogP contribution in [0.4, 0.5) is 5.69 Å². The Balaban J connectivity index is 2.29. The van der Waals surface area contributed by atoms with Crippen LogP contribution in [0.3, 0.4) is 0 Å². The van der Waals surface area contributed by atoms with Crippen molar-refractivity contribution in [3.63, 3.8) is 0 Å². The van der Waals surface area contributed by atoms with Gasteiger partial charge in [0.05, 0.1) is 18.4 Å². The van der Waals surface area contributed by atoms with Crippen molar-refractivity contribution in [2.45, 2.75) is 0 Å². The average molecular weight is 350 g/mol. The fourth-order valence-electron chi connectivity index (χ4n) is 1.73. The van der Waals surface area contributed by atoms with Crippen molar-refractivity contribution in [1.82, 2.24) is 0 Å². The molecule has 0 aromatic heterocycles. The lowest BCUT2D eigenvalue weighted by Gasteiger charge is -2.11. The van der Waals surface area contributed by atoms with E-state index in [9.17, 15) is 14.7 Å². The van der Waals surface area contributed by atoms with Gasteiger partial charge in [-0.2, -0.15) is 0 Å². The van der Waals surface area contributed by atoms with Crippen LogP contribution in [0.1, 0.15) is 20.7 Å². The number of carbonyl (C=O) groups is 2. The van der Waals surface area contributed by atoms with Gasteiger partial charge in [0.15, 0.2) is 0 Å². The van der Waals surface area contributed by atoms with Crippen molar-refractivity contribution in [1.29, 1.82) is 0 Å². The van der Waals surface area contributed by atoms with Gasteiger partial charge < -0.3 is 15.2 Å². The van der Waals surface area contributed by atoms with Crippen LogP contribution < -0.4 is 5.32 Å². The van der Waals surface area contributed by atoms with Gasteiger partial charge in [0.25, 0.3) is 5.91 Å². The number of nitrogens with one attached hydrogen (secondary N) is 1. The number of ether oxygens (including phenoxy) is 1. The fraction of sp³-hybridized carbons (Fsp3) is 0.0667. The standard InChI is InChI=1S/C15H12BrNO4/c1-21-15(20)10-7-11(16)13(12(18)8-10)17-14(19)9-5-3-2-4-6-9/h2-8,18H,1H3,(H,17,19). The maximum absolute atomic E-state index is 12.1. The van der Waals surface area contributed by atoms with E-state index >= 15 is 0 Å². The molecular weight excluding hydrogens is 338 g/mol. The molecule has 21 heavy (non-hydrogen) atoms. The van der Waals surface area contributed by atoms with Gasteiger partial charge in [0, 0.05) is 10.0 Å². The molecule has 0 aliphatic rings. The van der Waals surface area contributed by atoms with Gasteiger partial charge in [0.2, 0.25) is 0 Å². The van der Waals surface area contributed by atoms with Gasteiger partial charge in [-0.3, -0.25) is 4.79 Å². The van der Waals surface area contributed by atoms with Crippen molar-refractivity contribution in [3.8, 4) is 5.75 Å². The first-order chi connectivity index (χ1) is 10.0. The van der Waals surface area contributed by atoms with Crippen molar-refractivity contribution in [3.05, 3.63) is 58.1 Å². The second-order valence-corrected chi connectivity index (χ2v) is 5.02. The number of phenols is 1. The van der Waals surface area contributed by atoms with Gasteiger partial charge in [-0.05, 0) is 40.2 Å². The van der Waals surface area contributed by atoms with E-state index in [1.807, 2.05) is 0 Å². The third-order valence-electron chi connectivity index (χ3n) is 2.77. The van der Waals surface area contributed by atoms with Crippen LogP contribution in [-0.2, 0) is 4.74 Å². The Labute approximate surface area is 129 Å². The smallest absolute Gasteiger partial charge is 0.338 e. The molecule has 0 fully saturated rings. The van der Waals surface area contributed by atoms with Crippen molar-refractivity contribution >= 4 is 33.5 Å². The van der Waals surface area contributed by atoms with Crippen LogP contribution in [0, 0.1) is 0 Å². The maximum atomic E-state index is 12.1. The largest absolute Gasteiger partial charge is 0.506 e. The molecule has 1 amide bonds. The molecule has 0 radical (unpaired) electrons. The second kappa shape index (κ2) is 6.41. The van der Waals surface area contributed by atoms with Crippen LogP contribution >= 0.6 is 15.9 Å². The second-order valence-electron chi connectivity index (χ2n) is 4.16. The average Bonchev–Trinajstić information content (AvgIpc) is 2.50. The minimum atomic E-state index is -0.577. The van der Waals surface area contributed by atoms with Gasteiger partial charge in [-0.25, -0.2) is 4.79 Å². The molecule has 2 N–H and O–H groups in total. The number of hydrogen-bond donors (Lipinski definition) is 2. The highest BCUT2D eigenvalue weighted by Gasteiger charge is 2.16. The summed E-state index contributed by atoms with van der Waals surface area (Å²) >= 11 is 3.21. The number of aromatic hydroxyl groups is 1. The quantitative estimate of drug-likeness (QED) is 0.659. The summed E-state index contributed by atoms with van der Waals surface area (Å²) in [5.74, 6) is -1.17. The predicted molar refractivity (Wildman–Crippen MR) is 81.5 cm³/mol. The van der Waals surface area contributed by atoms with Gasteiger partial charge >= 0.3 is 5.97 Å². The van der Waals surface area contributed by atoms with E-state index in [-0.39, 0.29) is 22.9 Å². The lowest BCUT2D eigenvalue weighted by Crippen LogP contribution is -2.12. The van der Waals surface area contributed by atoms with E-state index in [1.54, 1.807) is 30.3 Å². The molecular formula is C15H12BrNO4. The summed E-state index contributed by atoms with van der Waals surface area (Å²) in [7, 11) is 1.25. The summed E-state index contributed by atoms with van der Waals surface area (Å²) in [5, 5.41) is 12.6. The lowest BCUT2D eigenvalue weighted by molar-refractivity contribution is 0.0600. The summed E-state index contributed by atoms with van der Waals surface area (Å²) in [6.07, 6.45) is 0. The molecule has 0 saturated heterocycles. The number of amides is 1. The summed E-state index contributed by atoms with van der Waals surface area (Å²) in [6.45, 7) is 0. The Hall–Kier alpha value is -2.34. The molecule has 0 heterocycles. The van der Waals surface area contributed by atoms with Gasteiger partial charge in [-0.15, -0.1) is 0 Å². The molecule has 2 rings (SSSR count). The molecule has 0 spiro atoms. The molecule has 0 saturated carbocycles. The Morgan fingerprint density at radius 3 is 2.38 bits per heavy atom. The molecule has 0 bridgehead atoms. The predicted octanol–water partition coefficient (Wildman–Crippen LogP) is 3.19. The maximum Gasteiger partial charge on any atom is 0.338 e. The normalized spacial score (nSPS) is 10.0. The SMILES string of the molecule is COC(=O)c1cc(O)c(NC(=O)c2ccccc2)c(Br)c1. The number of anilines is 1. The molecule has 0 unspecified atom stereocenters. The van der Waals surface area contributed by atoms with Gasteiger partial charge in [-0.1, -0.05) is 18.2 Å². The van der Waals surface area contributed by atoms with E-state index < -0.39 is 5.97 Å². The highest BCUT2D eigenvalue weighted by atomic mass is 79.9. The van der Waals surface area contributed by atoms with Crippen LogP contribution in [0.25, 0.3) is 0 Å². The molecule has 2 aromatic rings. The number of benzene rings is 2. The fourth-order valence-corrected chi connectivity index (χ4v) is 2.28. The van der Waals surface area contributed by atoms with E-state index in [4.69, 9.17) is 0 Å². The zero-order valence-electron chi connectivity index (χ0n) is 11.1. The number of esters is 1. The van der Waals surface area contributed by atoms with E-state index in [0.29, 0.717) is 10.0 Å². The zero-order valence-corrected chi connectivity index (χ0v) is 12.7. The molecule has 108 valence electrons. The minimum absolute atomic E-state index is 0.180. The number of phenolic OH excluding ortho intramolecular Hbond substituents is 1. The minimum Gasteiger partial charge on any atom is -0.506 e. The van der Waals surface area contributed by atoms with E-state index in [2.05, 4.69) is 26.0 Å².